The van der Waals surface area contributed by atoms with Gasteiger partial charge in [-0.05, 0) is 30.9 Å². The number of nitrogens with zero attached hydrogens (tertiary/aromatic N) is 4. The Balaban J connectivity index is 1.64. The van der Waals surface area contributed by atoms with Crippen molar-refractivity contribution in [3.63, 3.8) is 0 Å². The van der Waals surface area contributed by atoms with E-state index in [1.54, 1.807) is 0 Å². The van der Waals surface area contributed by atoms with Gasteiger partial charge in [0.05, 0.1) is 7.11 Å². The Kier molecular flexibility index (Phi) is 7.86. The first kappa shape index (κ1) is 21.6. The summed E-state index contributed by atoms with van der Waals surface area (Å²) in [5.41, 5.74) is 1.20. The number of likely N-dealkylation sites (tertiary alicyclic amines) is 1. The fourth-order valence-corrected chi connectivity index (χ4v) is 4.51. The molecular weight excluding hydrogens is 368 g/mol. The highest BCUT2D eigenvalue weighted by Gasteiger charge is 2.37. The summed E-state index contributed by atoms with van der Waals surface area (Å²) >= 11 is 0. The molecule has 29 heavy (non-hydrogen) atoms. The predicted octanol–water partition coefficient (Wildman–Crippen LogP) is 2.17. The highest BCUT2D eigenvalue weighted by atomic mass is 16.5. The normalized spacial score (nSPS) is 23.1. The molecule has 0 aliphatic carbocycles. The Morgan fingerprint density at radius 3 is 2.52 bits per heavy atom. The van der Waals surface area contributed by atoms with Crippen LogP contribution < -0.4 is 4.90 Å². The summed E-state index contributed by atoms with van der Waals surface area (Å²) in [5.74, 6) is 0.343. The van der Waals surface area contributed by atoms with Crippen molar-refractivity contribution < 1.29 is 14.3 Å². The van der Waals surface area contributed by atoms with Gasteiger partial charge in [-0.15, -0.1) is 0 Å². The van der Waals surface area contributed by atoms with Crippen LogP contribution >= 0.6 is 0 Å². The van der Waals surface area contributed by atoms with Crippen molar-refractivity contribution in [3.8, 4) is 0 Å². The Bertz CT molecular complexity index is 661. The maximum Gasteiger partial charge on any atom is 0.305 e. The summed E-state index contributed by atoms with van der Waals surface area (Å²) in [4.78, 5) is 35.5. The highest BCUT2D eigenvalue weighted by molar-refractivity contribution is 5.76. The summed E-state index contributed by atoms with van der Waals surface area (Å²) in [6.07, 6.45) is 7.55. The van der Waals surface area contributed by atoms with Gasteiger partial charge in [0.2, 0.25) is 5.91 Å². The van der Waals surface area contributed by atoms with Crippen molar-refractivity contribution >= 4 is 17.6 Å². The van der Waals surface area contributed by atoms with Crippen LogP contribution in [0.5, 0.6) is 0 Å². The SMILES string of the molecule is CCCCC(=O)N1CCC(CC(=O)OC)C(N2CCN(c3ccncc3)CC2)C1. The van der Waals surface area contributed by atoms with Gasteiger partial charge in [-0.2, -0.15) is 0 Å². The number of unbranched alkanes of at least 4 members (excludes halogenated alkanes) is 1. The van der Waals surface area contributed by atoms with Crippen molar-refractivity contribution in [1.29, 1.82) is 0 Å². The van der Waals surface area contributed by atoms with Crippen LogP contribution in [0.2, 0.25) is 0 Å². The minimum absolute atomic E-state index is 0.152. The number of hydrogen-bond acceptors (Lipinski definition) is 6. The summed E-state index contributed by atoms with van der Waals surface area (Å²) < 4.78 is 4.94. The average Bonchev–Trinajstić information content (AvgIpc) is 2.78. The zero-order valence-electron chi connectivity index (χ0n) is 17.8. The molecule has 0 saturated carbocycles. The molecule has 1 aromatic heterocycles. The van der Waals surface area contributed by atoms with Gasteiger partial charge in [-0.25, -0.2) is 0 Å². The molecule has 2 aliphatic rings. The fraction of sp³-hybridized carbons (Fsp3) is 0.682. The Hall–Kier alpha value is -2.15. The van der Waals surface area contributed by atoms with Crippen molar-refractivity contribution in [2.24, 2.45) is 5.92 Å². The predicted molar refractivity (Wildman–Crippen MR) is 113 cm³/mol. The fourth-order valence-electron chi connectivity index (χ4n) is 4.51. The van der Waals surface area contributed by atoms with Crippen LogP contribution in [0, 0.1) is 5.92 Å². The van der Waals surface area contributed by atoms with Gasteiger partial charge in [0.15, 0.2) is 0 Å². The number of piperazine rings is 1. The molecule has 3 heterocycles. The Morgan fingerprint density at radius 1 is 1.14 bits per heavy atom. The number of methoxy groups -OCH3 is 1. The van der Waals surface area contributed by atoms with E-state index in [2.05, 4.69) is 21.7 Å². The number of carbonyl (C=O) groups excluding carboxylic acids is 2. The molecule has 0 N–H and O–H groups in total. The van der Waals surface area contributed by atoms with Gasteiger partial charge >= 0.3 is 5.97 Å². The number of amides is 1. The van der Waals surface area contributed by atoms with E-state index in [1.807, 2.05) is 29.4 Å². The Labute approximate surface area is 174 Å². The van der Waals surface area contributed by atoms with Crippen LogP contribution in [0.1, 0.15) is 39.0 Å². The molecule has 0 radical (unpaired) electrons. The van der Waals surface area contributed by atoms with E-state index >= 15 is 0 Å². The molecule has 7 nitrogen and oxygen atoms in total. The monoisotopic (exact) mass is 402 g/mol. The first-order valence-electron chi connectivity index (χ1n) is 10.9. The van der Waals surface area contributed by atoms with E-state index in [4.69, 9.17) is 4.74 Å². The lowest BCUT2D eigenvalue weighted by Gasteiger charge is -2.47. The molecule has 1 amide bonds. The molecule has 7 heteroatoms. The quantitative estimate of drug-likeness (QED) is 0.652. The van der Waals surface area contributed by atoms with Crippen LogP contribution in [0.4, 0.5) is 5.69 Å². The molecule has 3 rings (SSSR count). The number of carbonyl (C=O) groups is 2. The molecule has 0 aromatic carbocycles. The number of anilines is 1. The van der Waals surface area contributed by atoms with Crippen molar-refractivity contribution in [3.05, 3.63) is 24.5 Å². The number of rotatable bonds is 7. The lowest BCUT2D eigenvalue weighted by molar-refractivity contribution is -0.143. The topological polar surface area (TPSA) is 66.0 Å². The number of aromatic nitrogens is 1. The van der Waals surface area contributed by atoms with E-state index in [0.717, 1.165) is 58.5 Å². The van der Waals surface area contributed by atoms with Crippen LogP contribution in [0.3, 0.4) is 0 Å². The van der Waals surface area contributed by atoms with Gasteiger partial charge in [-0.1, -0.05) is 13.3 Å². The lowest BCUT2D eigenvalue weighted by atomic mass is 9.87. The summed E-state index contributed by atoms with van der Waals surface area (Å²) in [7, 11) is 1.45. The van der Waals surface area contributed by atoms with E-state index in [1.165, 1.54) is 12.8 Å². The average molecular weight is 403 g/mol. The van der Waals surface area contributed by atoms with Gasteiger partial charge in [0, 0.05) is 76.2 Å². The number of ether oxygens (including phenoxy) is 1. The van der Waals surface area contributed by atoms with E-state index < -0.39 is 0 Å². The second kappa shape index (κ2) is 10.6. The maximum absolute atomic E-state index is 12.6. The van der Waals surface area contributed by atoms with E-state index in [-0.39, 0.29) is 23.8 Å². The number of hydrogen-bond donors (Lipinski definition) is 0. The Morgan fingerprint density at radius 2 is 1.86 bits per heavy atom. The summed E-state index contributed by atoms with van der Waals surface area (Å²) in [5, 5.41) is 0. The summed E-state index contributed by atoms with van der Waals surface area (Å²) in [6, 6.07) is 4.31. The van der Waals surface area contributed by atoms with Crippen molar-refractivity contribution in [2.75, 3.05) is 51.3 Å². The molecule has 1 aromatic rings. The third kappa shape index (κ3) is 5.69. The minimum Gasteiger partial charge on any atom is -0.469 e. The molecule has 160 valence electrons. The molecule has 2 saturated heterocycles. The second-order valence-electron chi connectivity index (χ2n) is 8.07. The molecule has 2 fully saturated rings. The zero-order chi connectivity index (χ0) is 20.6. The first-order valence-corrected chi connectivity index (χ1v) is 10.9. The molecule has 0 bridgehead atoms. The number of esters is 1. The maximum atomic E-state index is 12.6. The number of pyridine rings is 1. The zero-order valence-corrected chi connectivity index (χ0v) is 17.8. The van der Waals surface area contributed by atoms with Crippen LogP contribution in [0.25, 0.3) is 0 Å². The van der Waals surface area contributed by atoms with Crippen LogP contribution in [-0.4, -0.2) is 79.1 Å². The minimum atomic E-state index is -0.152. The van der Waals surface area contributed by atoms with Crippen LogP contribution in [-0.2, 0) is 14.3 Å². The first-order chi connectivity index (χ1) is 14.1. The molecule has 2 atom stereocenters. The second-order valence-corrected chi connectivity index (χ2v) is 8.07. The molecule has 2 aliphatic heterocycles. The van der Waals surface area contributed by atoms with E-state index in [9.17, 15) is 9.59 Å². The third-order valence-corrected chi connectivity index (χ3v) is 6.29. The molecule has 2 unspecified atom stereocenters. The van der Waals surface area contributed by atoms with Crippen LogP contribution in [0.15, 0.2) is 24.5 Å². The van der Waals surface area contributed by atoms with Gasteiger partial charge < -0.3 is 14.5 Å². The smallest absolute Gasteiger partial charge is 0.305 e. The largest absolute Gasteiger partial charge is 0.469 e. The molecular formula is C22H34N4O3. The van der Waals surface area contributed by atoms with Gasteiger partial charge in [-0.3, -0.25) is 19.5 Å². The third-order valence-electron chi connectivity index (χ3n) is 6.29. The van der Waals surface area contributed by atoms with E-state index in [0.29, 0.717) is 12.8 Å². The summed E-state index contributed by atoms with van der Waals surface area (Å²) in [6.45, 7) is 7.33. The lowest BCUT2D eigenvalue weighted by Crippen LogP contribution is -2.59. The molecule has 0 spiro atoms. The number of piperidine rings is 1. The van der Waals surface area contributed by atoms with Crippen molar-refractivity contribution in [2.45, 2.75) is 45.1 Å². The van der Waals surface area contributed by atoms with Gasteiger partial charge in [0.1, 0.15) is 0 Å². The van der Waals surface area contributed by atoms with Gasteiger partial charge in [0.25, 0.3) is 0 Å². The van der Waals surface area contributed by atoms with Crippen molar-refractivity contribution in [1.82, 2.24) is 14.8 Å². The highest BCUT2D eigenvalue weighted by Crippen LogP contribution is 2.28. The standard InChI is InChI=1S/C22H34N4O3/c1-3-4-5-21(27)26-11-8-18(16-22(28)29-2)20(17-26)25-14-12-24(13-15-25)19-6-9-23-10-7-19/h6-7,9-10,18,20H,3-5,8,11-17H2,1-2H3.